The molecule has 8 heteroatoms. The average Bonchev–Trinajstić information content (AvgIpc) is 3.03. The van der Waals surface area contributed by atoms with Gasteiger partial charge in [-0.15, -0.1) is 0 Å². The number of Topliss-reactive ketones (excluding diaryl/α,β-unsaturated/α-hetero) is 1. The van der Waals surface area contributed by atoms with Gasteiger partial charge in [-0.3, -0.25) is 19.3 Å². The molecule has 1 aliphatic rings. The SMILES string of the molecule is O=C(COC(=O)c1ccc2c(c1)C(=O)N(Cc1ccccc1Cl)C2=O)c1ccc(Cl)cc1. The number of imide groups is 1. The average molecular weight is 468 g/mol. The first-order valence-corrected chi connectivity index (χ1v) is 10.3. The Bertz CT molecular complexity index is 1250. The van der Waals surface area contributed by atoms with Crippen LogP contribution in [0.25, 0.3) is 0 Å². The Balaban J connectivity index is 1.47. The van der Waals surface area contributed by atoms with Gasteiger partial charge in [0.1, 0.15) is 0 Å². The molecule has 32 heavy (non-hydrogen) atoms. The van der Waals surface area contributed by atoms with E-state index in [0.29, 0.717) is 21.2 Å². The molecule has 0 radical (unpaired) electrons. The smallest absolute Gasteiger partial charge is 0.338 e. The molecule has 160 valence electrons. The van der Waals surface area contributed by atoms with Gasteiger partial charge in [0, 0.05) is 15.6 Å². The minimum Gasteiger partial charge on any atom is -0.454 e. The summed E-state index contributed by atoms with van der Waals surface area (Å²) in [6.07, 6.45) is 0. The summed E-state index contributed by atoms with van der Waals surface area (Å²) >= 11 is 11.9. The first-order valence-electron chi connectivity index (χ1n) is 9.54. The number of benzene rings is 3. The molecule has 0 spiro atoms. The lowest BCUT2D eigenvalue weighted by molar-refractivity contribution is 0.0474. The van der Waals surface area contributed by atoms with Crippen molar-refractivity contribution >= 4 is 46.8 Å². The van der Waals surface area contributed by atoms with Crippen LogP contribution in [0, 0.1) is 0 Å². The van der Waals surface area contributed by atoms with Crippen LogP contribution in [0.4, 0.5) is 0 Å². The number of nitrogens with zero attached hydrogens (tertiary/aromatic N) is 1. The van der Waals surface area contributed by atoms with E-state index in [-0.39, 0.29) is 23.2 Å². The van der Waals surface area contributed by atoms with Gasteiger partial charge in [0.2, 0.25) is 0 Å². The van der Waals surface area contributed by atoms with Crippen LogP contribution in [0.2, 0.25) is 10.0 Å². The Hall–Kier alpha value is -3.48. The number of rotatable bonds is 6. The van der Waals surface area contributed by atoms with Crippen LogP contribution in [-0.4, -0.2) is 35.1 Å². The molecular weight excluding hydrogens is 453 g/mol. The predicted molar refractivity (Wildman–Crippen MR) is 118 cm³/mol. The first kappa shape index (κ1) is 21.7. The van der Waals surface area contributed by atoms with Crippen molar-refractivity contribution in [3.05, 3.63) is 105 Å². The second-order valence-electron chi connectivity index (χ2n) is 7.05. The standard InChI is InChI=1S/C24H15Cl2NO5/c25-17-8-5-14(6-9-17)21(28)13-32-24(31)15-7-10-18-19(11-15)23(30)27(22(18)29)12-16-3-1-2-4-20(16)26/h1-11H,12-13H2. The summed E-state index contributed by atoms with van der Waals surface area (Å²) in [6.45, 7) is -0.454. The number of amides is 2. The lowest BCUT2D eigenvalue weighted by atomic mass is 10.1. The highest BCUT2D eigenvalue weighted by Crippen LogP contribution is 2.27. The van der Waals surface area contributed by atoms with Crippen LogP contribution in [0.5, 0.6) is 0 Å². The Morgan fingerprint density at radius 1 is 0.812 bits per heavy atom. The van der Waals surface area contributed by atoms with E-state index in [1.807, 2.05) is 0 Å². The van der Waals surface area contributed by atoms with Gasteiger partial charge in [-0.1, -0.05) is 41.4 Å². The van der Waals surface area contributed by atoms with E-state index in [9.17, 15) is 19.2 Å². The maximum absolute atomic E-state index is 12.8. The van der Waals surface area contributed by atoms with E-state index in [0.717, 1.165) is 4.90 Å². The number of hydrogen-bond donors (Lipinski definition) is 0. The molecule has 0 unspecified atom stereocenters. The third-order valence-electron chi connectivity index (χ3n) is 4.99. The molecule has 0 atom stereocenters. The van der Waals surface area contributed by atoms with Gasteiger partial charge >= 0.3 is 5.97 Å². The quantitative estimate of drug-likeness (QED) is 0.294. The van der Waals surface area contributed by atoms with Gasteiger partial charge in [0.05, 0.1) is 23.2 Å². The fourth-order valence-electron chi connectivity index (χ4n) is 3.29. The molecular formula is C24H15Cl2NO5. The van der Waals surface area contributed by atoms with E-state index >= 15 is 0 Å². The second-order valence-corrected chi connectivity index (χ2v) is 7.90. The molecule has 0 N–H and O–H groups in total. The zero-order valence-electron chi connectivity index (χ0n) is 16.5. The summed E-state index contributed by atoms with van der Waals surface area (Å²) in [4.78, 5) is 51.2. The summed E-state index contributed by atoms with van der Waals surface area (Å²) in [5.41, 5.74) is 1.33. The van der Waals surface area contributed by atoms with Crippen molar-refractivity contribution in [1.29, 1.82) is 0 Å². The number of esters is 1. The minimum atomic E-state index is -0.778. The monoisotopic (exact) mass is 467 g/mol. The predicted octanol–water partition coefficient (Wildman–Crippen LogP) is 4.83. The van der Waals surface area contributed by atoms with Crippen LogP contribution in [0.15, 0.2) is 66.7 Å². The van der Waals surface area contributed by atoms with Gasteiger partial charge in [-0.2, -0.15) is 0 Å². The van der Waals surface area contributed by atoms with Crippen molar-refractivity contribution in [2.45, 2.75) is 6.54 Å². The van der Waals surface area contributed by atoms with Gasteiger partial charge in [0.15, 0.2) is 12.4 Å². The minimum absolute atomic E-state index is 0.0153. The van der Waals surface area contributed by atoms with Crippen molar-refractivity contribution in [2.75, 3.05) is 6.61 Å². The topological polar surface area (TPSA) is 80.8 Å². The van der Waals surface area contributed by atoms with Crippen molar-refractivity contribution < 1.29 is 23.9 Å². The lowest BCUT2D eigenvalue weighted by Gasteiger charge is -2.14. The molecule has 0 bridgehead atoms. The Morgan fingerprint density at radius 2 is 1.47 bits per heavy atom. The highest BCUT2D eigenvalue weighted by atomic mass is 35.5. The second kappa shape index (κ2) is 8.94. The number of fused-ring (bicyclic) bond motifs is 1. The molecule has 0 saturated heterocycles. The van der Waals surface area contributed by atoms with E-state index < -0.39 is 30.2 Å². The van der Waals surface area contributed by atoms with Gasteiger partial charge in [-0.05, 0) is 54.1 Å². The Labute approximate surface area is 193 Å². The third kappa shape index (κ3) is 4.28. The van der Waals surface area contributed by atoms with E-state index in [2.05, 4.69) is 0 Å². The molecule has 0 aliphatic carbocycles. The molecule has 1 aliphatic heterocycles. The van der Waals surface area contributed by atoms with Crippen molar-refractivity contribution in [3.63, 3.8) is 0 Å². The highest BCUT2D eigenvalue weighted by Gasteiger charge is 2.36. The number of hydrogen-bond acceptors (Lipinski definition) is 5. The zero-order valence-corrected chi connectivity index (χ0v) is 18.0. The maximum Gasteiger partial charge on any atom is 0.338 e. The number of ketones is 1. The van der Waals surface area contributed by atoms with Crippen molar-refractivity contribution in [1.82, 2.24) is 4.90 Å². The van der Waals surface area contributed by atoms with E-state index in [4.69, 9.17) is 27.9 Å². The summed E-state index contributed by atoms with van der Waals surface area (Å²) in [5, 5.41) is 0.929. The van der Waals surface area contributed by atoms with E-state index in [1.54, 1.807) is 36.4 Å². The van der Waals surface area contributed by atoms with Crippen LogP contribution >= 0.6 is 23.2 Å². The van der Waals surface area contributed by atoms with Gasteiger partial charge in [0.25, 0.3) is 11.8 Å². The number of ether oxygens (including phenoxy) is 1. The fourth-order valence-corrected chi connectivity index (χ4v) is 3.61. The number of carbonyl (C=O) groups excluding carboxylic acids is 4. The summed E-state index contributed by atoms with van der Waals surface area (Å²) in [5.74, 6) is -2.17. The first-order chi connectivity index (χ1) is 15.3. The molecule has 6 nitrogen and oxygen atoms in total. The van der Waals surface area contributed by atoms with Gasteiger partial charge in [-0.25, -0.2) is 4.79 Å². The van der Waals surface area contributed by atoms with Gasteiger partial charge < -0.3 is 4.74 Å². The lowest BCUT2D eigenvalue weighted by Crippen LogP contribution is -2.29. The molecule has 4 rings (SSSR count). The summed E-state index contributed by atoms with van der Waals surface area (Å²) in [7, 11) is 0. The van der Waals surface area contributed by atoms with E-state index in [1.165, 1.54) is 30.3 Å². The van der Waals surface area contributed by atoms with Crippen LogP contribution in [0.3, 0.4) is 0 Å². The van der Waals surface area contributed by atoms with Crippen LogP contribution < -0.4 is 0 Å². The molecule has 3 aromatic rings. The van der Waals surface area contributed by atoms with Crippen molar-refractivity contribution in [3.8, 4) is 0 Å². The maximum atomic E-state index is 12.8. The molecule has 2 amide bonds. The molecule has 1 heterocycles. The largest absolute Gasteiger partial charge is 0.454 e. The summed E-state index contributed by atoms with van der Waals surface area (Å²) < 4.78 is 5.09. The normalized spacial score (nSPS) is 12.6. The summed E-state index contributed by atoms with van der Waals surface area (Å²) in [6, 6.07) is 17.2. The fraction of sp³-hybridized carbons (Fsp3) is 0.0833. The molecule has 0 fully saturated rings. The third-order valence-corrected chi connectivity index (χ3v) is 5.61. The van der Waals surface area contributed by atoms with Crippen LogP contribution in [0.1, 0.15) is 47.0 Å². The number of carbonyl (C=O) groups is 4. The molecule has 3 aromatic carbocycles. The highest BCUT2D eigenvalue weighted by molar-refractivity contribution is 6.31. The number of halogens is 2. The Kier molecular flexibility index (Phi) is 6.08. The molecule has 0 saturated carbocycles. The molecule has 0 aromatic heterocycles. The van der Waals surface area contributed by atoms with Crippen molar-refractivity contribution in [2.24, 2.45) is 0 Å². The van der Waals surface area contributed by atoms with Crippen LogP contribution in [-0.2, 0) is 11.3 Å². The Morgan fingerprint density at radius 3 is 2.19 bits per heavy atom. The zero-order chi connectivity index (χ0) is 22.8.